The van der Waals surface area contributed by atoms with Crippen molar-refractivity contribution >= 4 is 0 Å². The van der Waals surface area contributed by atoms with Gasteiger partial charge in [0.2, 0.25) is 0 Å². The fourth-order valence-electron chi connectivity index (χ4n) is 3.41. The van der Waals surface area contributed by atoms with Crippen LogP contribution in [-0.2, 0) is 6.42 Å². The van der Waals surface area contributed by atoms with Crippen LogP contribution in [0.15, 0.2) is 36.7 Å². The Balaban J connectivity index is 2.02. The van der Waals surface area contributed by atoms with Crippen LogP contribution in [-0.4, -0.2) is 33.4 Å². The molecule has 0 bridgehead atoms. The van der Waals surface area contributed by atoms with Crippen LogP contribution in [0.1, 0.15) is 89.5 Å². The standard InChI is InChI=1S/C24H42N2O2/c1-2-3-4-5-6-7-8-9-10-11-12-13-14-15-22(27)24(25)23(28)20-21-16-18-26-19-17-21/h14-19,22-24,27-28H,2-13,20,25H2,1H3/b15-14+/t22-,23?,24-/m1/s1. The molecule has 3 atom stereocenters. The van der Waals surface area contributed by atoms with Crippen molar-refractivity contribution in [2.45, 2.75) is 109 Å². The lowest BCUT2D eigenvalue weighted by Crippen LogP contribution is -2.44. The second-order valence-electron chi connectivity index (χ2n) is 7.95. The molecule has 0 radical (unpaired) electrons. The number of pyridine rings is 1. The van der Waals surface area contributed by atoms with E-state index in [0.29, 0.717) is 6.42 Å². The number of hydrogen-bond acceptors (Lipinski definition) is 4. The first-order valence-electron chi connectivity index (χ1n) is 11.3. The number of hydrogen-bond donors (Lipinski definition) is 3. The number of allylic oxidation sites excluding steroid dienone is 1. The molecule has 0 aliphatic carbocycles. The molecule has 1 aromatic rings. The van der Waals surface area contributed by atoms with Crippen molar-refractivity contribution in [1.82, 2.24) is 4.98 Å². The molecular formula is C24H42N2O2. The normalized spacial score (nSPS) is 15.0. The highest BCUT2D eigenvalue weighted by Gasteiger charge is 2.21. The third-order valence-electron chi connectivity index (χ3n) is 5.34. The van der Waals surface area contributed by atoms with Crippen molar-refractivity contribution in [2.75, 3.05) is 0 Å². The van der Waals surface area contributed by atoms with Gasteiger partial charge in [0.05, 0.1) is 18.2 Å². The highest BCUT2D eigenvalue weighted by molar-refractivity contribution is 5.12. The molecule has 4 N–H and O–H groups in total. The van der Waals surface area contributed by atoms with E-state index < -0.39 is 18.2 Å². The lowest BCUT2D eigenvalue weighted by molar-refractivity contribution is 0.0787. The quantitative estimate of drug-likeness (QED) is 0.260. The van der Waals surface area contributed by atoms with Gasteiger partial charge >= 0.3 is 0 Å². The third kappa shape index (κ3) is 12.3. The summed E-state index contributed by atoms with van der Waals surface area (Å²) in [7, 11) is 0. The molecule has 0 saturated heterocycles. The molecule has 1 rings (SSSR count). The number of rotatable bonds is 17. The van der Waals surface area contributed by atoms with Crippen LogP contribution in [0, 0.1) is 0 Å². The van der Waals surface area contributed by atoms with E-state index in [2.05, 4.69) is 11.9 Å². The van der Waals surface area contributed by atoms with E-state index in [1.165, 1.54) is 64.2 Å². The highest BCUT2D eigenvalue weighted by atomic mass is 16.3. The lowest BCUT2D eigenvalue weighted by Gasteiger charge is -2.22. The van der Waals surface area contributed by atoms with Crippen molar-refractivity contribution < 1.29 is 10.2 Å². The molecule has 1 unspecified atom stereocenters. The summed E-state index contributed by atoms with van der Waals surface area (Å²) < 4.78 is 0. The Morgan fingerprint density at radius 2 is 1.43 bits per heavy atom. The zero-order valence-electron chi connectivity index (χ0n) is 17.8. The monoisotopic (exact) mass is 390 g/mol. The number of aliphatic hydroxyl groups excluding tert-OH is 2. The van der Waals surface area contributed by atoms with E-state index >= 15 is 0 Å². The minimum absolute atomic E-state index is 0.424. The molecule has 0 spiro atoms. The van der Waals surface area contributed by atoms with Gasteiger partial charge in [-0.2, -0.15) is 0 Å². The van der Waals surface area contributed by atoms with E-state index in [9.17, 15) is 10.2 Å². The first kappa shape index (κ1) is 24.8. The fourth-order valence-corrected chi connectivity index (χ4v) is 3.41. The number of nitrogens with two attached hydrogens (primary N) is 1. The van der Waals surface area contributed by atoms with E-state index in [-0.39, 0.29) is 0 Å². The van der Waals surface area contributed by atoms with Gasteiger partial charge in [0.1, 0.15) is 0 Å². The Kier molecular flexibility index (Phi) is 14.8. The second kappa shape index (κ2) is 16.7. The molecule has 1 aromatic heterocycles. The Morgan fingerprint density at radius 3 is 2.00 bits per heavy atom. The van der Waals surface area contributed by atoms with E-state index in [1.807, 2.05) is 18.2 Å². The zero-order valence-corrected chi connectivity index (χ0v) is 17.8. The van der Waals surface area contributed by atoms with Crippen molar-refractivity contribution in [2.24, 2.45) is 5.73 Å². The van der Waals surface area contributed by atoms with Crippen LogP contribution < -0.4 is 5.73 Å². The van der Waals surface area contributed by atoms with Crippen LogP contribution in [0.2, 0.25) is 0 Å². The smallest absolute Gasteiger partial charge is 0.0897 e. The van der Waals surface area contributed by atoms with Gasteiger partial charge in [-0.15, -0.1) is 0 Å². The van der Waals surface area contributed by atoms with Crippen LogP contribution in [0.3, 0.4) is 0 Å². The minimum atomic E-state index is -0.815. The first-order valence-corrected chi connectivity index (χ1v) is 11.3. The van der Waals surface area contributed by atoms with Crippen molar-refractivity contribution in [3.8, 4) is 0 Å². The molecule has 0 amide bonds. The second-order valence-corrected chi connectivity index (χ2v) is 7.95. The van der Waals surface area contributed by atoms with Crippen molar-refractivity contribution in [3.05, 3.63) is 42.2 Å². The van der Waals surface area contributed by atoms with E-state index in [1.54, 1.807) is 18.5 Å². The molecule has 160 valence electrons. The highest BCUT2D eigenvalue weighted by Crippen LogP contribution is 2.12. The average Bonchev–Trinajstić information content (AvgIpc) is 2.71. The summed E-state index contributed by atoms with van der Waals surface area (Å²) >= 11 is 0. The third-order valence-corrected chi connectivity index (χ3v) is 5.34. The lowest BCUT2D eigenvalue weighted by atomic mass is 9.98. The predicted octanol–water partition coefficient (Wildman–Crippen LogP) is 4.93. The first-order chi connectivity index (χ1) is 13.6. The predicted molar refractivity (Wildman–Crippen MR) is 118 cm³/mol. The molecule has 0 aliphatic heterocycles. The Morgan fingerprint density at radius 1 is 0.893 bits per heavy atom. The maximum Gasteiger partial charge on any atom is 0.0897 e. The van der Waals surface area contributed by atoms with Crippen LogP contribution >= 0.6 is 0 Å². The summed E-state index contributed by atoms with van der Waals surface area (Å²) in [4.78, 5) is 3.96. The fraction of sp³-hybridized carbons (Fsp3) is 0.708. The van der Waals surface area contributed by atoms with E-state index in [4.69, 9.17) is 5.73 Å². The Labute approximate surface area is 172 Å². The molecule has 1 heterocycles. The number of nitrogens with zero attached hydrogens (tertiary/aromatic N) is 1. The largest absolute Gasteiger partial charge is 0.391 e. The zero-order chi connectivity index (χ0) is 20.5. The summed E-state index contributed by atoms with van der Waals surface area (Å²) in [6.45, 7) is 2.26. The molecule has 0 aliphatic rings. The van der Waals surface area contributed by atoms with Gasteiger partial charge in [0, 0.05) is 18.8 Å². The number of aliphatic hydroxyl groups is 2. The average molecular weight is 391 g/mol. The molecule has 28 heavy (non-hydrogen) atoms. The van der Waals surface area contributed by atoms with Gasteiger partial charge in [0.25, 0.3) is 0 Å². The van der Waals surface area contributed by atoms with Crippen molar-refractivity contribution in [1.29, 1.82) is 0 Å². The molecule has 0 saturated carbocycles. The maximum atomic E-state index is 10.2. The molecule has 4 heteroatoms. The molecule has 0 aromatic carbocycles. The van der Waals surface area contributed by atoms with Crippen LogP contribution in [0.5, 0.6) is 0 Å². The minimum Gasteiger partial charge on any atom is -0.391 e. The SMILES string of the molecule is CCCCCCCCCCCCC/C=C/[C@@H](O)[C@@H](N)C(O)Cc1ccncc1. The molecule has 0 fully saturated rings. The number of aromatic nitrogens is 1. The van der Waals surface area contributed by atoms with Gasteiger partial charge < -0.3 is 15.9 Å². The topological polar surface area (TPSA) is 79.4 Å². The summed E-state index contributed by atoms with van der Waals surface area (Å²) in [6.07, 6.45) is 21.6. The van der Waals surface area contributed by atoms with E-state index in [0.717, 1.165) is 18.4 Å². The van der Waals surface area contributed by atoms with Crippen LogP contribution in [0.25, 0.3) is 0 Å². The number of unbranched alkanes of at least 4 members (excludes halogenated alkanes) is 11. The summed E-state index contributed by atoms with van der Waals surface area (Å²) in [6, 6.07) is 3.02. The van der Waals surface area contributed by atoms with Gasteiger partial charge in [0.15, 0.2) is 0 Å². The van der Waals surface area contributed by atoms with Gasteiger partial charge in [-0.3, -0.25) is 4.98 Å². The summed E-state index contributed by atoms with van der Waals surface area (Å²) in [5.74, 6) is 0. The summed E-state index contributed by atoms with van der Waals surface area (Å²) in [5, 5.41) is 20.4. The molecule has 4 nitrogen and oxygen atoms in total. The van der Waals surface area contributed by atoms with Gasteiger partial charge in [-0.25, -0.2) is 0 Å². The van der Waals surface area contributed by atoms with Crippen LogP contribution in [0.4, 0.5) is 0 Å². The van der Waals surface area contributed by atoms with Crippen molar-refractivity contribution in [3.63, 3.8) is 0 Å². The Bertz CT molecular complexity index is 493. The maximum absolute atomic E-state index is 10.2. The van der Waals surface area contributed by atoms with Gasteiger partial charge in [-0.05, 0) is 30.5 Å². The Hall–Kier alpha value is -1.23. The summed E-state index contributed by atoms with van der Waals surface area (Å²) in [5.41, 5.74) is 6.96. The van der Waals surface area contributed by atoms with Gasteiger partial charge in [-0.1, -0.05) is 83.3 Å². The molecular weight excluding hydrogens is 348 g/mol.